The highest BCUT2D eigenvalue weighted by Crippen LogP contribution is 2.58. The van der Waals surface area contributed by atoms with Crippen molar-refractivity contribution in [3.05, 3.63) is 40.2 Å². The second kappa shape index (κ2) is 10.5. The maximum Gasteiger partial charge on any atom is 0.393 e. The van der Waals surface area contributed by atoms with Gasteiger partial charge in [-0.3, -0.25) is 4.79 Å². The van der Waals surface area contributed by atoms with Crippen LogP contribution in [-0.4, -0.2) is 54.5 Å². The summed E-state index contributed by atoms with van der Waals surface area (Å²) in [7, 11) is 0. The first-order valence-electron chi connectivity index (χ1n) is 9.71. The molecule has 0 atom stereocenters. The Balaban J connectivity index is 2.54. The molecule has 1 heterocycles. The molecule has 0 fully saturated rings. The van der Waals surface area contributed by atoms with E-state index in [0.717, 1.165) is 10.7 Å². The molecular formula is C20H12ClF12NO3S. The van der Waals surface area contributed by atoms with Gasteiger partial charge in [0.2, 0.25) is 0 Å². The number of hydrogen-bond acceptors (Lipinski definition) is 4. The fraction of sp³-hybridized carbons (Fsp3) is 0.400. The van der Waals surface area contributed by atoms with Gasteiger partial charge < -0.3 is 10.1 Å². The largest absolute Gasteiger partial charge is 0.462 e. The van der Waals surface area contributed by atoms with Crippen LogP contribution in [0.4, 0.5) is 57.7 Å². The number of nitrogens with one attached hydrogen (secondary N) is 1. The number of alkyl halides is 12. The Morgan fingerprint density at radius 2 is 1.45 bits per heavy atom. The number of carbonyl (C=O) groups excluding carboxylic acids is 2. The first kappa shape index (κ1) is 31.5. The van der Waals surface area contributed by atoms with Crippen LogP contribution in [0.2, 0.25) is 5.02 Å². The first-order valence-corrected chi connectivity index (χ1v) is 11.0. The Morgan fingerprint density at radius 3 is 1.92 bits per heavy atom. The molecule has 1 N–H and O–H groups in total. The van der Waals surface area contributed by atoms with Crippen molar-refractivity contribution < 1.29 is 67.0 Å². The minimum absolute atomic E-state index is 0.131. The topological polar surface area (TPSA) is 55.4 Å². The van der Waals surface area contributed by atoms with Gasteiger partial charge in [0.15, 0.2) is 0 Å². The lowest BCUT2D eigenvalue weighted by atomic mass is 9.94. The van der Waals surface area contributed by atoms with Crippen LogP contribution in [0.5, 0.6) is 0 Å². The Kier molecular flexibility index (Phi) is 8.68. The summed E-state index contributed by atoms with van der Waals surface area (Å²) in [6.07, 6.45) is -5.67. The molecule has 2 aromatic rings. The monoisotopic (exact) mass is 609 g/mol. The molecular weight excluding hydrogens is 598 g/mol. The van der Waals surface area contributed by atoms with E-state index in [9.17, 15) is 62.3 Å². The molecule has 2 rings (SSSR count). The van der Waals surface area contributed by atoms with Crippen molar-refractivity contribution in [2.45, 2.75) is 43.0 Å². The summed E-state index contributed by atoms with van der Waals surface area (Å²) in [6.45, 7) is 0.951. The molecule has 1 aromatic heterocycles. The van der Waals surface area contributed by atoms with E-state index in [1.807, 2.05) is 0 Å². The van der Waals surface area contributed by atoms with Gasteiger partial charge >= 0.3 is 47.9 Å². The van der Waals surface area contributed by atoms with E-state index in [2.05, 4.69) is 4.74 Å². The Hall–Kier alpha value is -2.69. The summed E-state index contributed by atoms with van der Waals surface area (Å²) < 4.78 is 166. The standard InChI is InChI=1S/C20H12ClF12NO3S/c1-2-37-13(35)11-10(8-3-5-9(21)6-4-8)7-38-12(11)34-15(36)17(26,27)19(30,31)20(32,33)18(28,29)16(24,25)14(22)23/h3-7,14H,2H2,1H3,(H,34,36). The third kappa shape index (κ3) is 5.01. The van der Waals surface area contributed by atoms with Gasteiger partial charge in [-0.25, -0.2) is 13.6 Å². The molecule has 0 bridgehead atoms. The first-order chi connectivity index (χ1) is 17.2. The van der Waals surface area contributed by atoms with E-state index in [-0.39, 0.29) is 34.1 Å². The Morgan fingerprint density at radius 1 is 0.921 bits per heavy atom. The number of esters is 1. The van der Waals surface area contributed by atoms with Crippen molar-refractivity contribution >= 4 is 39.8 Å². The number of halogens is 13. The molecule has 0 aliphatic carbocycles. The molecule has 4 nitrogen and oxygen atoms in total. The number of amides is 1. The van der Waals surface area contributed by atoms with Crippen molar-refractivity contribution in [3.63, 3.8) is 0 Å². The second-order valence-electron chi connectivity index (χ2n) is 7.26. The minimum Gasteiger partial charge on any atom is -0.462 e. The Labute approximate surface area is 213 Å². The van der Waals surface area contributed by atoms with Crippen molar-refractivity contribution in [1.82, 2.24) is 0 Å². The third-order valence-corrected chi connectivity index (χ3v) is 5.96. The van der Waals surface area contributed by atoms with Crippen LogP contribution in [0.3, 0.4) is 0 Å². The zero-order chi connectivity index (χ0) is 29.5. The number of rotatable bonds is 10. The van der Waals surface area contributed by atoms with Crippen molar-refractivity contribution in [3.8, 4) is 11.1 Å². The number of anilines is 1. The van der Waals surface area contributed by atoms with Gasteiger partial charge in [-0.15, -0.1) is 11.3 Å². The molecule has 0 aliphatic rings. The third-order valence-electron chi connectivity index (χ3n) is 4.81. The number of hydrogen-bond donors (Lipinski definition) is 1. The van der Waals surface area contributed by atoms with Gasteiger partial charge in [0.1, 0.15) is 10.6 Å². The van der Waals surface area contributed by atoms with Gasteiger partial charge in [0.25, 0.3) is 0 Å². The van der Waals surface area contributed by atoms with Crippen LogP contribution in [0.15, 0.2) is 29.6 Å². The smallest absolute Gasteiger partial charge is 0.393 e. The molecule has 0 radical (unpaired) electrons. The average Bonchev–Trinajstić information content (AvgIpc) is 3.22. The molecule has 1 amide bonds. The van der Waals surface area contributed by atoms with E-state index in [1.165, 1.54) is 31.2 Å². The van der Waals surface area contributed by atoms with Gasteiger partial charge in [0.05, 0.1) is 6.61 Å². The van der Waals surface area contributed by atoms with Crippen LogP contribution in [-0.2, 0) is 9.53 Å². The fourth-order valence-corrected chi connectivity index (χ4v) is 3.84. The SMILES string of the molecule is CCOC(=O)c1c(-c2ccc(Cl)cc2)csc1NC(=O)C(F)(F)C(F)(F)C(F)(F)C(F)(F)C(F)(F)C(F)F. The minimum atomic E-state index is -7.88. The molecule has 0 aliphatic heterocycles. The van der Waals surface area contributed by atoms with Gasteiger partial charge in [0, 0.05) is 16.0 Å². The number of thiophene rings is 1. The number of carbonyl (C=O) groups is 2. The fourth-order valence-electron chi connectivity index (χ4n) is 2.76. The summed E-state index contributed by atoms with van der Waals surface area (Å²) in [5, 5.41) is 1.19. The lowest BCUT2D eigenvalue weighted by Gasteiger charge is -2.38. The summed E-state index contributed by atoms with van der Waals surface area (Å²) in [5.74, 6) is -42.2. The zero-order valence-corrected chi connectivity index (χ0v) is 19.8. The summed E-state index contributed by atoms with van der Waals surface area (Å²) in [4.78, 5) is 24.3. The van der Waals surface area contributed by atoms with Crippen LogP contribution in [0.1, 0.15) is 17.3 Å². The van der Waals surface area contributed by atoms with Crippen molar-refractivity contribution in [1.29, 1.82) is 0 Å². The van der Waals surface area contributed by atoms with E-state index in [1.54, 1.807) is 0 Å². The lowest BCUT2D eigenvalue weighted by molar-refractivity contribution is -0.406. The molecule has 1 aromatic carbocycles. The molecule has 212 valence electrons. The van der Waals surface area contributed by atoms with Crippen LogP contribution in [0.25, 0.3) is 11.1 Å². The average molecular weight is 610 g/mol. The van der Waals surface area contributed by atoms with E-state index in [0.29, 0.717) is 0 Å². The van der Waals surface area contributed by atoms with Crippen molar-refractivity contribution in [2.75, 3.05) is 11.9 Å². The van der Waals surface area contributed by atoms with Crippen LogP contribution < -0.4 is 5.32 Å². The predicted octanol–water partition coefficient (Wildman–Crippen LogP) is 7.63. The summed E-state index contributed by atoms with van der Waals surface area (Å²) >= 11 is 5.94. The molecule has 0 saturated carbocycles. The van der Waals surface area contributed by atoms with Crippen LogP contribution >= 0.6 is 22.9 Å². The summed E-state index contributed by atoms with van der Waals surface area (Å²) in [5.41, 5.74) is -0.788. The van der Waals surface area contributed by atoms with Gasteiger partial charge in [-0.2, -0.15) is 43.9 Å². The zero-order valence-electron chi connectivity index (χ0n) is 18.2. The van der Waals surface area contributed by atoms with E-state index in [4.69, 9.17) is 11.6 Å². The summed E-state index contributed by atoms with van der Waals surface area (Å²) in [6, 6.07) is 5.17. The number of ether oxygens (including phenoxy) is 1. The second-order valence-corrected chi connectivity index (χ2v) is 8.57. The molecule has 38 heavy (non-hydrogen) atoms. The molecule has 0 saturated heterocycles. The van der Waals surface area contributed by atoms with E-state index < -0.39 is 58.5 Å². The maximum atomic E-state index is 14.2. The molecule has 0 unspecified atom stereocenters. The Bertz CT molecular complexity index is 1180. The maximum absolute atomic E-state index is 14.2. The highest BCUT2D eigenvalue weighted by atomic mass is 35.5. The highest BCUT2D eigenvalue weighted by molar-refractivity contribution is 7.15. The van der Waals surface area contributed by atoms with Crippen LogP contribution in [0, 0.1) is 0 Å². The lowest BCUT2D eigenvalue weighted by Crippen LogP contribution is -2.70. The molecule has 0 spiro atoms. The number of benzene rings is 1. The van der Waals surface area contributed by atoms with Gasteiger partial charge in [-0.05, 0) is 24.6 Å². The molecule has 18 heteroatoms. The quantitative estimate of drug-likeness (QED) is 0.223. The van der Waals surface area contributed by atoms with E-state index >= 15 is 0 Å². The normalized spacial score (nSPS) is 13.6. The predicted molar refractivity (Wildman–Crippen MR) is 110 cm³/mol. The van der Waals surface area contributed by atoms with Gasteiger partial charge in [-0.1, -0.05) is 23.7 Å². The van der Waals surface area contributed by atoms with Crippen molar-refractivity contribution in [2.24, 2.45) is 0 Å². The highest BCUT2D eigenvalue weighted by Gasteiger charge is 2.89.